The van der Waals surface area contributed by atoms with Crippen molar-refractivity contribution >= 4 is 5.91 Å². The van der Waals surface area contributed by atoms with Crippen LogP contribution in [0.25, 0.3) is 0 Å². The molecule has 1 aliphatic heterocycles. The number of rotatable bonds is 5. The Kier molecular flexibility index (Phi) is 5.81. The summed E-state index contributed by atoms with van der Waals surface area (Å²) in [6, 6.07) is 0.442. The number of hydrogen-bond acceptors (Lipinski definition) is 2. The second kappa shape index (κ2) is 6.89. The number of nitrogens with zero attached hydrogens (tertiary/aromatic N) is 1. The fourth-order valence-electron chi connectivity index (χ4n) is 2.11. The summed E-state index contributed by atoms with van der Waals surface area (Å²) < 4.78 is 0. The summed E-state index contributed by atoms with van der Waals surface area (Å²) >= 11 is 0. The van der Waals surface area contributed by atoms with Crippen LogP contribution in [0.2, 0.25) is 0 Å². The average Bonchev–Trinajstić information content (AvgIpc) is 2.35. The van der Waals surface area contributed by atoms with E-state index in [2.05, 4.69) is 26.1 Å². The summed E-state index contributed by atoms with van der Waals surface area (Å²) in [5.74, 6) is 1.11. The second-order valence-corrected chi connectivity index (χ2v) is 4.92. The van der Waals surface area contributed by atoms with E-state index in [-0.39, 0.29) is 5.91 Å². The molecule has 1 saturated heterocycles. The number of likely N-dealkylation sites (tertiary alicyclic amines) is 1. The van der Waals surface area contributed by atoms with E-state index in [1.165, 1.54) is 19.3 Å². The molecule has 1 amide bonds. The van der Waals surface area contributed by atoms with Gasteiger partial charge in [0, 0.05) is 19.1 Å². The van der Waals surface area contributed by atoms with Crippen LogP contribution in [0.15, 0.2) is 0 Å². The monoisotopic (exact) mass is 226 g/mol. The number of nitrogens with one attached hydrogen (secondary N) is 1. The lowest BCUT2D eigenvalue weighted by atomic mass is 9.94. The predicted molar refractivity (Wildman–Crippen MR) is 67.4 cm³/mol. The molecule has 1 rings (SSSR count). The molecule has 1 aliphatic rings. The van der Waals surface area contributed by atoms with E-state index in [0.29, 0.717) is 12.6 Å². The molecule has 0 aromatic heterocycles. The molecule has 1 heterocycles. The van der Waals surface area contributed by atoms with Gasteiger partial charge in [0.05, 0.1) is 6.54 Å². The van der Waals surface area contributed by atoms with Gasteiger partial charge in [-0.25, -0.2) is 0 Å². The fourth-order valence-corrected chi connectivity index (χ4v) is 2.11. The zero-order chi connectivity index (χ0) is 12.0. The summed E-state index contributed by atoms with van der Waals surface area (Å²) in [6.45, 7) is 8.92. The normalized spacial score (nSPS) is 19.8. The van der Waals surface area contributed by atoms with Crippen LogP contribution in [0.1, 0.15) is 46.5 Å². The molecule has 0 aliphatic carbocycles. The Bertz CT molecular complexity index is 210. The van der Waals surface area contributed by atoms with E-state index < -0.39 is 0 Å². The largest absolute Gasteiger partial charge is 0.342 e. The Morgan fingerprint density at radius 1 is 1.38 bits per heavy atom. The molecule has 3 heteroatoms. The first-order chi connectivity index (χ1) is 7.67. The summed E-state index contributed by atoms with van der Waals surface area (Å²) in [4.78, 5) is 13.9. The number of piperidine rings is 1. The maximum Gasteiger partial charge on any atom is 0.236 e. The highest BCUT2D eigenvalue weighted by molar-refractivity contribution is 5.78. The summed E-state index contributed by atoms with van der Waals surface area (Å²) in [5, 5.41) is 3.26. The molecule has 3 nitrogen and oxygen atoms in total. The molecule has 1 unspecified atom stereocenters. The van der Waals surface area contributed by atoms with Crippen molar-refractivity contribution in [3.8, 4) is 0 Å². The van der Waals surface area contributed by atoms with Crippen molar-refractivity contribution in [2.75, 3.05) is 19.6 Å². The molecule has 0 radical (unpaired) electrons. The van der Waals surface area contributed by atoms with Gasteiger partial charge in [-0.1, -0.05) is 20.3 Å². The lowest BCUT2D eigenvalue weighted by Crippen LogP contribution is -2.44. The Labute approximate surface area is 99.6 Å². The SMILES string of the molecule is CCC1CCN(C(=O)CNC(C)CC)CC1. The molecule has 16 heavy (non-hydrogen) atoms. The van der Waals surface area contributed by atoms with Crippen molar-refractivity contribution in [3.63, 3.8) is 0 Å². The van der Waals surface area contributed by atoms with Gasteiger partial charge in [0.15, 0.2) is 0 Å². The van der Waals surface area contributed by atoms with Gasteiger partial charge in [-0.15, -0.1) is 0 Å². The third-order valence-electron chi connectivity index (χ3n) is 3.76. The Hall–Kier alpha value is -0.570. The molecule has 0 aromatic carbocycles. The van der Waals surface area contributed by atoms with Gasteiger partial charge in [0.25, 0.3) is 0 Å². The van der Waals surface area contributed by atoms with E-state index in [1.807, 2.05) is 4.90 Å². The lowest BCUT2D eigenvalue weighted by molar-refractivity contribution is -0.131. The number of amides is 1. The van der Waals surface area contributed by atoms with Gasteiger partial charge in [-0.3, -0.25) is 4.79 Å². The van der Waals surface area contributed by atoms with Gasteiger partial charge in [-0.2, -0.15) is 0 Å². The minimum Gasteiger partial charge on any atom is -0.342 e. The van der Waals surface area contributed by atoms with Gasteiger partial charge in [0.1, 0.15) is 0 Å². The van der Waals surface area contributed by atoms with Crippen LogP contribution >= 0.6 is 0 Å². The first kappa shape index (κ1) is 13.5. The molecule has 1 fully saturated rings. The topological polar surface area (TPSA) is 32.3 Å². The van der Waals surface area contributed by atoms with Crippen LogP contribution in [0.4, 0.5) is 0 Å². The second-order valence-electron chi connectivity index (χ2n) is 4.92. The van der Waals surface area contributed by atoms with Gasteiger partial charge < -0.3 is 10.2 Å². The van der Waals surface area contributed by atoms with Crippen LogP contribution in [-0.2, 0) is 4.79 Å². The van der Waals surface area contributed by atoms with Crippen molar-refractivity contribution in [2.24, 2.45) is 5.92 Å². The number of carbonyl (C=O) groups is 1. The Morgan fingerprint density at radius 3 is 2.50 bits per heavy atom. The molecular formula is C13H26N2O. The minimum absolute atomic E-state index is 0.273. The average molecular weight is 226 g/mol. The predicted octanol–water partition coefficient (Wildman–Crippen LogP) is 2.02. The highest BCUT2D eigenvalue weighted by Crippen LogP contribution is 2.19. The molecule has 0 spiro atoms. The Morgan fingerprint density at radius 2 is 2.00 bits per heavy atom. The first-order valence-corrected chi connectivity index (χ1v) is 6.68. The van der Waals surface area contributed by atoms with E-state index in [0.717, 1.165) is 25.4 Å². The fraction of sp³-hybridized carbons (Fsp3) is 0.923. The Balaban J connectivity index is 2.22. The zero-order valence-corrected chi connectivity index (χ0v) is 11.0. The molecule has 0 saturated carbocycles. The third kappa shape index (κ3) is 4.12. The molecule has 94 valence electrons. The number of hydrogen-bond donors (Lipinski definition) is 1. The van der Waals surface area contributed by atoms with Gasteiger partial charge in [0.2, 0.25) is 5.91 Å². The van der Waals surface area contributed by atoms with Crippen molar-refractivity contribution < 1.29 is 4.79 Å². The van der Waals surface area contributed by atoms with Crippen LogP contribution in [0, 0.1) is 5.92 Å². The molecule has 1 atom stereocenters. The lowest BCUT2D eigenvalue weighted by Gasteiger charge is -2.31. The summed E-state index contributed by atoms with van der Waals surface area (Å²) in [6.07, 6.45) is 4.70. The van der Waals surface area contributed by atoms with E-state index >= 15 is 0 Å². The third-order valence-corrected chi connectivity index (χ3v) is 3.76. The van der Waals surface area contributed by atoms with E-state index in [9.17, 15) is 4.79 Å². The first-order valence-electron chi connectivity index (χ1n) is 6.68. The maximum absolute atomic E-state index is 11.9. The highest BCUT2D eigenvalue weighted by atomic mass is 16.2. The van der Waals surface area contributed by atoms with Crippen molar-refractivity contribution in [1.82, 2.24) is 10.2 Å². The molecule has 0 bridgehead atoms. The van der Waals surface area contributed by atoms with Crippen molar-refractivity contribution in [3.05, 3.63) is 0 Å². The molecule has 0 aromatic rings. The van der Waals surface area contributed by atoms with Gasteiger partial charge >= 0.3 is 0 Å². The van der Waals surface area contributed by atoms with Crippen LogP contribution < -0.4 is 5.32 Å². The number of carbonyl (C=O) groups excluding carboxylic acids is 1. The highest BCUT2D eigenvalue weighted by Gasteiger charge is 2.21. The van der Waals surface area contributed by atoms with Crippen molar-refractivity contribution in [1.29, 1.82) is 0 Å². The maximum atomic E-state index is 11.9. The smallest absolute Gasteiger partial charge is 0.236 e. The summed E-state index contributed by atoms with van der Waals surface area (Å²) in [7, 11) is 0. The van der Waals surface area contributed by atoms with Crippen LogP contribution in [0.3, 0.4) is 0 Å². The zero-order valence-electron chi connectivity index (χ0n) is 11.0. The quantitative estimate of drug-likeness (QED) is 0.778. The molecule has 1 N–H and O–H groups in total. The minimum atomic E-state index is 0.273. The van der Waals surface area contributed by atoms with E-state index in [4.69, 9.17) is 0 Å². The van der Waals surface area contributed by atoms with Crippen LogP contribution in [0.5, 0.6) is 0 Å². The van der Waals surface area contributed by atoms with E-state index in [1.54, 1.807) is 0 Å². The van der Waals surface area contributed by atoms with Crippen molar-refractivity contribution in [2.45, 2.75) is 52.5 Å². The van der Waals surface area contributed by atoms with Crippen LogP contribution in [-0.4, -0.2) is 36.5 Å². The van der Waals surface area contributed by atoms with Gasteiger partial charge in [-0.05, 0) is 32.1 Å². The standard InChI is InChI=1S/C13H26N2O/c1-4-11(3)14-10-13(16)15-8-6-12(5-2)7-9-15/h11-12,14H,4-10H2,1-3H3. The molecular weight excluding hydrogens is 200 g/mol. The summed E-state index contributed by atoms with van der Waals surface area (Å²) in [5.41, 5.74) is 0.